The number of rotatable bonds is 12. The van der Waals surface area contributed by atoms with Gasteiger partial charge in [0.05, 0.1) is 46.9 Å². The van der Waals surface area contributed by atoms with Gasteiger partial charge in [-0.2, -0.15) is 0 Å². The summed E-state index contributed by atoms with van der Waals surface area (Å²) < 4.78 is 24.0. The number of carbonyl (C=O) groups excluding carboxylic acids is 2. The number of hydrogen-bond acceptors (Lipinski definition) is 9. The summed E-state index contributed by atoms with van der Waals surface area (Å²) in [6, 6.07) is 14.1. The topological polar surface area (TPSA) is 132 Å². The number of nitrogens with zero attached hydrogens (tertiary/aromatic N) is 3. The first kappa shape index (κ1) is 31.9. The van der Waals surface area contributed by atoms with Gasteiger partial charge in [0.1, 0.15) is 19.0 Å². The maximum absolute atomic E-state index is 13.8. The summed E-state index contributed by atoms with van der Waals surface area (Å²) in [7, 11) is 0. The average molecular weight is 614 g/mol. The quantitative estimate of drug-likeness (QED) is 0.156. The predicted octanol–water partition coefficient (Wildman–Crippen LogP) is 5.55. The first-order valence-electron chi connectivity index (χ1n) is 15.0. The largest absolute Gasteiger partial charge is 0.462 e. The van der Waals surface area contributed by atoms with Gasteiger partial charge in [-0.15, -0.1) is 0 Å². The number of aliphatic hydroxyl groups excluding tert-OH is 2. The molecule has 5 rings (SSSR count). The van der Waals surface area contributed by atoms with Crippen molar-refractivity contribution in [2.45, 2.75) is 64.6 Å². The van der Waals surface area contributed by atoms with E-state index in [0.29, 0.717) is 17.3 Å². The van der Waals surface area contributed by atoms with E-state index < -0.39 is 24.1 Å². The third-order valence-electron chi connectivity index (χ3n) is 7.71. The van der Waals surface area contributed by atoms with Crippen LogP contribution in [0.2, 0.25) is 0 Å². The number of aromatic nitrogens is 3. The molecule has 2 aromatic heterocycles. The summed E-state index contributed by atoms with van der Waals surface area (Å²) in [5, 5.41) is 22.1. The molecule has 1 aliphatic carbocycles. The van der Waals surface area contributed by atoms with Crippen LogP contribution in [0.5, 0.6) is 0 Å². The first-order chi connectivity index (χ1) is 21.6. The lowest BCUT2D eigenvalue weighted by Gasteiger charge is -2.16. The minimum absolute atomic E-state index is 0.100. The number of aryl methyl sites for hydroxylation is 3. The zero-order chi connectivity index (χ0) is 32.1. The van der Waals surface area contributed by atoms with Gasteiger partial charge in [0.2, 0.25) is 0 Å². The van der Waals surface area contributed by atoms with Crippen molar-refractivity contribution in [2.75, 3.05) is 13.2 Å². The van der Waals surface area contributed by atoms with Crippen LogP contribution >= 0.6 is 0 Å². The van der Waals surface area contributed by atoms with Crippen molar-refractivity contribution < 1.29 is 33.7 Å². The van der Waals surface area contributed by atoms with Crippen molar-refractivity contribution in [1.82, 2.24) is 15.0 Å². The number of para-hydroxylation sites is 1. The molecular formula is C35H36FN3O6. The van der Waals surface area contributed by atoms with E-state index in [1.165, 1.54) is 12.1 Å². The Kier molecular flexibility index (Phi) is 9.95. The number of hydrogen-bond donors (Lipinski definition) is 2. The molecule has 2 aromatic carbocycles. The molecule has 1 saturated carbocycles. The number of carbonyl (C=O) groups is 2. The SMILES string of the molecule is Cc1nc(C)c(C(=O)OCCOC(=O)C[C@H](O)C[C@H](O)/C=C/c2c(C3CC3)nc3ccccc3c2-c2ccc(F)cc2)nc1C. The van der Waals surface area contributed by atoms with Crippen LogP contribution < -0.4 is 0 Å². The van der Waals surface area contributed by atoms with E-state index in [9.17, 15) is 24.2 Å². The van der Waals surface area contributed by atoms with Crippen molar-refractivity contribution in [3.05, 3.63) is 94.5 Å². The molecule has 1 fully saturated rings. The fraction of sp³-hybridized carbons (Fsp3) is 0.343. The summed E-state index contributed by atoms with van der Waals surface area (Å²) in [4.78, 5) is 38.0. The smallest absolute Gasteiger partial charge is 0.358 e. The van der Waals surface area contributed by atoms with Crippen molar-refractivity contribution in [2.24, 2.45) is 0 Å². The molecule has 0 unspecified atom stereocenters. The molecule has 45 heavy (non-hydrogen) atoms. The van der Waals surface area contributed by atoms with Crippen LogP contribution in [0.4, 0.5) is 4.39 Å². The van der Waals surface area contributed by atoms with E-state index in [1.807, 2.05) is 24.3 Å². The molecule has 10 heteroatoms. The number of ether oxygens (including phenoxy) is 2. The van der Waals surface area contributed by atoms with Crippen LogP contribution in [0, 0.1) is 26.6 Å². The Bertz CT molecular complexity index is 1740. The van der Waals surface area contributed by atoms with E-state index in [4.69, 9.17) is 14.5 Å². The summed E-state index contributed by atoms with van der Waals surface area (Å²) in [5.41, 5.74) is 6.23. The fourth-order valence-corrected chi connectivity index (χ4v) is 5.18. The standard InChI is InChI=1S/C35H36FN3O6/c1-20-21(2)38-33(22(3)37-20)35(43)45-17-16-44-31(42)19-27(41)18-26(40)14-15-29-32(23-10-12-25(36)13-11-23)28-6-4-5-7-30(28)39-34(29)24-8-9-24/h4-7,10-15,24,26-27,40-41H,8-9,16-19H2,1-3H3/b15-14+/t26-,27-/m1/s1. The zero-order valence-corrected chi connectivity index (χ0v) is 25.5. The molecule has 0 bridgehead atoms. The zero-order valence-electron chi connectivity index (χ0n) is 25.5. The molecule has 4 aromatic rings. The average Bonchev–Trinajstić information content (AvgIpc) is 3.85. The third-order valence-corrected chi connectivity index (χ3v) is 7.71. The highest BCUT2D eigenvalue weighted by atomic mass is 19.1. The van der Waals surface area contributed by atoms with Gasteiger partial charge in [0.15, 0.2) is 5.69 Å². The monoisotopic (exact) mass is 613 g/mol. The van der Waals surface area contributed by atoms with Crippen molar-refractivity contribution in [1.29, 1.82) is 0 Å². The van der Waals surface area contributed by atoms with E-state index >= 15 is 0 Å². The summed E-state index contributed by atoms with van der Waals surface area (Å²) in [6.07, 6.45) is 2.74. The highest BCUT2D eigenvalue weighted by Gasteiger charge is 2.29. The van der Waals surface area contributed by atoms with Gasteiger partial charge >= 0.3 is 11.9 Å². The van der Waals surface area contributed by atoms with Crippen LogP contribution in [0.15, 0.2) is 54.6 Å². The van der Waals surface area contributed by atoms with E-state index in [2.05, 4.69) is 9.97 Å². The normalized spacial score (nSPS) is 14.4. The third kappa shape index (κ3) is 7.95. The molecule has 234 valence electrons. The highest BCUT2D eigenvalue weighted by Crippen LogP contribution is 2.45. The number of esters is 2. The lowest BCUT2D eigenvalue weighted by molar-refractivity contribution is -0.147. The van der Waals surface area contributed by atoms with Crippen LogP contribution in [0.25, 0.3) is 28.1 Å². The second-order valence-corrected chi connectivity index (χ2v) is 11.3. The van der Waals surface area contributed by atoms with Crippen LogP contribution in [0.3, 0.4) is 0 Å². The highest BCUT2D eigenvalue weighted by molar-refractivity contribution is 5.99. The number of benzene rings is 2. The van der Waals surface area contributed by atoms with Crippen LogP contribution in [-0.4, -0.2) is 62.5 Å². The van der Waals surface area contributed by atoms with Gasteiger partial charge in [0.25, 0.3) is 0 Å². The Morgan fingerprint density at radius 2 is 1.62 bits per heavy atom. The molecule has 2 atom stereocenters. The van der Waals surface area contributed by atoms with E-state index in [0.717, 1.165) is 51.8 Å². The molecule has 0 spiro atoms. The minimum Gasteiger partial charge on any atom is -0.462 e. The molecular weight excluding hydrogens is 577 g/mol. The van der Waals surface area contributed by atoms with Crippen molar-refractivity contribution in [3.63, 3.8) is 0 Å². The second-order valence-electron chi connectivity index (χ2n) is 11.3. The minimum atomic E-state index is -1.16. The molecule has 9 nitrogen and oxygen atoms in total. The number of pyridine rings is 1. The summed E-state index contributed by atoms with van der Waals surface area (Å²) >= 11 is 0. The maximum Gasteiger partial charge on any atom is 0.358 e. The van der Waals surface area contributed by atoms with Gasteiger partial charge in [-0.25, -0.2) is 14.2 Å². The van der Waals surface area contributed by atoms with Gasteiger partial charge in [-0.1, -0.05) is 42.5 Å². The maximum atomic E-state index is 13.8. The Morgan fingerprint density at radius 3 is 2.36 bits per heavy atom. The molecule has 0 saturated heterocycles. The predicted molar refractivity (Wildman–Crippen MR) is 167 cm³/mol. The van der Waals surface area contributed by atoms with Crippen LogP contribution in [0.1, 0.15) is 70.4 Å². The molecule has 1 aliphatic rings. The lowest BCUT2D eigenvalue weighted by Crippen LogP contribution is -2.22. The Balaban J connectivity index is 1.19. The molecule has 0 amide bonds. The summed E-state index contributed by atoms with van der Waals surface area (Å²) in [6.45, 7) is 4.83. The summed E-state index contributed by atoms with van der Waals surface area (Å²) in [5.74, 6) is -1.39. The number of halogens is 1. The van der Waals surface area contributed by atoms with Gasteiger partial charge in [-0.3, -0.25) is 14.8 Å². The Labute approximate surface area is 260 Å². The Hall–Kier alpha value is -4.54. The van der Waals surface area contributed by atoms with Crippen LogP contribution in [-0.2, 0) is 14.3 Å². The van der Waals surface area contributed by atoms with E-state index in [1.54, 1.807) is 45.1 Å². The van der Waals surface area contributed by atoms with Gasteiger partial charge in [-0.05, 0) is 57.4 Å². The van der Waals surface area contributed by atoms with Gasteiger partial charge < -0.3 is 19.7 Å². The molecule has 0 aliphatic heterocycles. The number of aliphatic hydroxyl groups is 2. The molecule has 2 heterocycles. The van der Waals surface area contributed by atoms with E-state index in [-0.39, 0.29) is 37.6 Å². The molecule has 2 N–H and O–H groups in total. The number of fused-ring (bicyclic) bond motifs is 1. The van der Waals surface area contributed by atoms with Crippen molar-refractivity contribution in [3.8, 4) is 11.1 Å². The van der Waals surface area contributed by atoms with Gasteiger partial charge in [0, 0.05) is 28.9 Å². The Morgan fingerprint density at radius 1 is 0.933 bits per heavy atom. The fourth-order valence-electron chi connectivity index (χ4n) is 5.18. The first-order valence-corrected chi connectivity index (χ1v) is 15.0. The lowest BCUT2D eigenvalue weighted by atomic mass is 9.92. The van der Waals surface area contributed by atoms with Crippen molar-refractivity contribution >= 4 is 28.9 Å². The molecule has 0 radical (unpaired) electrons. The second kappa shape index (κ2) is 14.0.